The number of anilines is 1. The molecule has 0 fully saturated rings. The van der Waals surface area contributed by atoms with Crippen LogP contribution < -0.4 is 5.73 Å². The van der Waals surface area contributed by atoms with E-state index >= 15 is 0 Å². The Hall–Kier alpha value is -2.05. The second kappa shape index (κ2) is 3.51. The van der Waals surface area contributed by atoms with Gasteiger partial charge in [0.15, 0.2) is 5.95 Å². The van der Waals surface area contributed by atoms with Crippen LogP contribution in [0.4, 0.5) is 19.1 Å². The van der Waals surface area contributed by atoms with E-state index in [1.54, 1.807) is 0 Å². The van der Waals surface area contributed by atoms with E-state index in [1.165, 1.54) is 12.3 Å². The average molecular weight is 228 g/mol. The minimum absolute atomic E-state index is 0.191. The highest BCUT2D eigenvalue weighted by Gasteiger charge is 2.30. The molecule has 0 aliphatic rings. The summed E-state index contributed by atoms with van der Waals surface area (Å²) in [5.74, 6) is 0.191. The predicted octanol–water partition coefficient (Wildman–Crippen LogP) is 2.07. The van der Waals surface area contributed by atoms with Gasteiger partial charge in [0.2, 0.25) is 0 Å². The molecule has 84 valence electrons. The number of halogens is 3. The number of nitrogens with zero attached hydrogens (tertiary/aromatic N) is 2. The highest BCUT2D eigenvalue weighted by atomic mass is 19.4. The number of nitrogens with one attached hydrogen (secondary N) is 1. The first-order chi connectivity index (χ1) is 7.47. The van der Waals surface area contributed by atoms with Crippen LogP contribution in [0.15, 0.2) is 24.5 Å². The largest absolute Gasteiger partial charge is 0.417 e. The van der Waals surface area contributed by atoms with Gasteiger partial charge in [0.05, 0.1) is 23.1 Å². The maximum Gasteiger partial charge on any atom is 0.417 e. The standard InChI is InChI=1S/C9H7F3N4/c10-9(11,12)5-1-2-6(14-3-5)7-4-15-8(13)16-7/h1-4H,(H3,13,15,16). The number of nitrogens with two attached hydrogens (primary N) is 1. The van der Waals surface area contributed by atoms with Crippen molar-refractivity contribution < 1.29 is 13.2 Å². The molecular weight excluding hydrogens is 221 g/mol. The van der Waals surface area contributed by atoms with E-state index in [9.17, 15) is 13.2 Å². The molecule has 2 aromatic heterocycles. The molecule has 16 heavy (non-hydrogen) atoms. The normalized spacial score (nSPS) is 11.7. The number of aromatic amines is 1. The molecule has 0 atom stereocenters. The lowest BCUT2D eigenvalue weighted by Gasteiger charge is -2.05. The number of hydrogen-bond donors (Lipinski definition) is 2. The van der Waals surface area contributed by atoms with E-state index in [2.05, 4.69) is 15.0 Å². The van der Waals surface area contributed by atoms with Crippen LogP contribution in [0, 0.1) is 0 Å². The van der Waals surface area contributed by atoms with Crippen LogP contribution in [0.3, 0.4) is 0 Å². The van der Waals surface area contributed by atoms with Crippen molar-refractivity contribution in [3.8, 4) is 11.4 Å². The van der Waals surface area contributed by atoms with Crippen LogP contribution in [0.2, 0.25) is 0 Å². The summed E-state index contributed by atoms with van der Waals surface area (Å²) < 4.78 is 36.7. The zero-order valence-electron chi connectivity index (χ0n) is 7.92. The molecule has 0 aromatic carbocycles. The summed E-state index contributed by atoms with van der Waals surface area (Å²) in [6.45, 7) is 0. The summed E-state index contributed by atoms with van der Waals surface area (Å²) in [7, 11) is 0. The zero-order chi connectivity index (χ0) is 11.8. The number of pyridine rings is 1. The van der Waals surface area contributed by atoms with Gasteiger partial charge in [0.25, 0.3) is 0 Å². The summed E-state index contributed by atoms with van der Waals surface area (Å²) in [6.07, 6.45) is -2.20. The average Bonchev–Trinajstić information content (AvgIpc) is 2.64. The number of hydrogen-bond acceptors (Lipinski definition) is 3. The lowest BCUT2D eigenvalue weighted by molar-refractivity contribution is -0.137. The first-order valence-corrected chi connectivity index (χ1v) is 4.31. The Morgan fingerprint density at radius 2 is 1.88 bits per heavy atom. The molecule has 3 N–H and O–H groups in total. The molecule has 4 nitrogen and oxygen atoms in total. The first kappa shape index (κ1) is 10.5. The second-order valence-corrected chi connectivity index (χ2v) is 3.11. The van der Waals surface area contributed by atoms with Crippen molar-refractivity contribution in [1.29, 1.82) is 0 Å². The fourth-order valence-electron chi connectivity index (χ4n) is 1.19. The van der Waals surface area contributed by atoms with E-state index in [4.69, 9.17) is 5.73 Å². The molecule has 0 amide bonds. The van der Waals surface area contributed by atoms with Gasteiger partial charge in [-0.3, -0.25) is 4.98 Å². The highest BCUT2D eigenvalue weighted by molar-refractivity contribution is 5.55. The number of H-pyrrole nitrogens is 1. The fourth-order valence-corrected chi connectivity index (χ4v) is 1.19. The SMILES string of the molecule is Nc1ncc(-c2ccc(C(F)(F)F)cn2)[nH]1. The topological polar surface area (TPSA) is 67.6 Å². The molecule has 0 bridgehead atoms. The molecule has 0 saturated heterocycles. The van der Waals surface area contributed by atoms with Crippen molar-refractivity contribution in [2.75, 3.05) is 5.73 Å². The number of alkyl halides is 3. The Kier molecular flexibility index (Phi) is 2.30. The van der Waals surface area contributed by atoms with E-state index in [1.807, 2.05) is 0 Å². The van der Waals surface area contributed by atoms with Crippen molar-refractivity contribution in [1.82, 2.24) is 15.0 Å². The summed E-state index contributed by atoms with van der Waals surface area (Å²) in [4.78, 5) is 10.1. The van der Waals surface area contributed by atoms with Crippen molar-refractivity contribution in [3.63, 3.8) is 0 Å². The number of rotatable bonds is 1. The number of nitrogen functional groups attached to an aromatic ring is 1. The van der Waals surface area contributed by atoms with Gasteiger partial charge in [-0.25, -0.2) is 4.98 Å². The summed E-state index contributed by atoms with van der Waals surface area (Å²) in [6, 6.07) is 2.22. The van der Waals surface area contributed by atoms with Gasteiger partial charge in [-0.2, -0.15) is 13.2 Å². The smallest absolute Gasteiger partial charge is 0.369 e. The van der Waals surface area contributed by atoms with Gasteiger partial charge in [-0.1, -0.05) is 0 Å². The zero-order valence-corrected chi connectivity index (χ0v) is 7.92. The molecule has 0 aliphatic heterocycles. The minimum Gasteiger partial charge on any atom is -0.369 e. The van der Waals surface area contributed by atoms with E-state index in [-0.39, 0.29) is 5.95 Å². The Morgan fingerprint density at radius 1 is 1.12 bits per heavy atom. The van der Waals surface area contributed by atoms with Gasteiger partial charge < -0.3 is 10.7 Å². The molecule has 2 rings (SSSR count). The Bertz CT molecular complexity index is 486. The lowest BCUT2D eigenvalue weighted by atomic mass is 10.2. The third-order valence-corrected chi connectivity index (χ3v) is 1.96. The van der Waals surface area contributed by atoms with Gasteiger partial charge in [0.1, 0.15) is 0 Å². The predicted molar refractivity (Wildman–Crippen MR) is 51.2 cm³/mol. The third-order valence-electron chi connectivity index (χ3n) is 1.96. The maximum atomic E-state index is 12.2. The fraction of sp³-hybridized carbons (Fsp3) is 0.111. The first-order valence-electron chi connectivity index (χ1n) is 4.31. The minimum atomic E-state index is -4.38. The van der Waals surface area contributed by atoms with E-state index in [0.29, 0.717) is 11.4 Å². The van der Waals surface area contributed by atoms with Crippen molar-refractivity contribution in [3.05, 3.63) is 30.1 Å². The van der Waals surface area contributed by atoms with Gasteiger partial charge in [-0.15, -0.1) is 0 Å². The van der Waals surface area contributed by atoms with Crippen LogP contribution in [0.25, 0.3) is 11.4 Å². The van der Waals surface area contributed by atoms with Crippen molar-refractivity contribution in [2.24, 2.45) is 0 Å². The maximum absolute atomic E-state index is 12.2. The molecular formula is C9H7F3N4. The van der Waals surface area contributed by atoms with Gasteiger partial charge in [0, 0.05) is 6.20 Å². The number of aromatic nitrogens is 3. The van der Waals surface area contributed by atoms with Crippen molar-refractivity contribution in [2.45, 2.75) is 6.18 Å². The molecule has 2 heterocycles. The number of imidazole rings is 1. The molecule has 7 heteroatoms. The molecule has 0 aliphatic carbocycles. The summed E-state index contributed by atoms with van der Waals surface area (Å²) in [5.41, 5.74) is 5.39. The van der Waals surface area contributed by atoms with E-state index in [0.717, 1.165) is 12.3 Å². The lowest BCUT2D eigenvalue weighted by Crippen LogP contribution is -2.05. The molecule has 0 saturated carbocycles. The summed E-state index contributed by atoms with van der Waals surface area (Å²) >= 11 is 0. The Balaban J connectivity index is 2.33. The molecule has 2 aromatic rings. The van der Waals surface area contributed by atoms with Gasteiger partial charge in [-0.05, 0) is 12.1 Å². The second-order valence-electron chi connectivity index (χ2n) is 3.11. The highest BCUT2D eigenvalue weighted by Crippen LogP contribution is 2.29. The quantitative estimate of drug-likeness (QED) is 0.785. The molecule has 0 spiro atoms. The Labute approximate surface area is 88.3 Å². The van der Waals surface area contributed by atoms with E-state index < -0.39 is 11.7 Å². The van der Waals surface area contributed by atoms with Gasteiger partial charge >= 0.3 is 6.18 Å². The molecule has 0 radical (unpaired) electrons. The van der Waals surface area contributed by atoms with Crippen LogP contribution in [0.5, 0.6) is 0 Å². The van der Waals surface area contributed by atoms with Crippen LogP contribution in [-0.4, -0.2) is 15.0 Å². The van der Waals surface area contributed by atoms with Crippen molar-refractivity contribution >= 4 is 5.95 Å². The van der Waals surface area contributed by atoms with Crippen LogP contribution in [0.1, 0.15) is 5.56 Å². The van der Waals surface area contributed by atoms with Crippen LogP contribution >= 0.6 is 0 Å². The van der Waals surface area contributed by atoms with Crippen LogP contribution in [-0.2, 0) is 6.18 Å². The Morgan fingerprint density at radius 3 is 2.31 bits per heavy atom. The summed E-state index contributed by atoms with van der Waals surface area (Å²) in [5, 5.41) is 0. The molecule has 0 unspecified atom stereocenters. The monoisotopic (exact) mass is 228 g/mol. The third kappa shape index (κ3) is 1.97.